The van der Waals surface area contributed by atoms with Crippen LogP contribution >= 0.6 is 0 Å². The van der Waals surface area contributed by atoms with Crippen LogP contribution in [0.2, 0.25) is 0 Å². The molecule has 1 aliphatic rings. The standard InChI is InChI=1S/C12H26N2O2/c1-10(2)12(8-13,9-15-3)14-6-5-11(7-14)16-4/h10-11H,5-9,13H2,1-4H3. The molecule has 4 nitrogen and oxygen atoms in total. The van der Waals surface area contributed by atoms with Gasteiger partial charge in [-0.2, -0.15) is 0 Å². The first-order valence-corrected chi connectivity index (χ1v) is 6.07. The molecule has 0 spiro atoms. The van der Waals surface area contributed by atoms with Gasteiger partial charge in [0.2, 0.25) is 0 Å². The lowest BCUT2D eigenvalue weighted by molar-refractivity contribution is -0.0119. The molecule has 0 aromatic carbocycles. The maximum absolute atomic E-state index is 6.00. The van der Waals surface area contributed by atoms with Gasteiger partial charge in [0.05, 0.1) is 18.2 Å². The highest BCUT2D eigenvalue weighted by Crippen LogP contribution is 2.29. The minimum Gasteiger partial charge on any atom is -0.383 e. The zero-order valence-electron chi connectivity index (χ0n) is 11.0. The normalized spacial score (nSPS) is 26.2. The molecule has 2 atom stereocenters. The first-order chi connectivity index (χ1) is 7.60. The van der Waals surface area contributed by atoms with Crippen LogP contribution in [0.15, 0.2) is 0 Å². The summed E-state index contributed by atoms with van der Waals surface area (Å²) >= 11 is 0. The van der Waals surface area contributed by atoms with Crippen LogP contribution in [0.3, 0.4) is 0 Å². The average Bonchev–Trinajstić information content (AvgIpc) is 2.74. The van der Waals surface area contributed by atoms with Crippen molar-refractivity contribution in [1.29, 1.82) is 0 Å². The minimum absolute atomic E-state index is 0.0397. The summed E-state index contributed by atoms with van der Waals surface area (Å²) in [4.78, 5) is 2.44. The van der Waals surface area contributed by atoms with E-state index in [1.165, 1.54) is 0 Å². The van der Waals surface area contributed by atoms with Crippen molar-refractivity contribution < 1.29 is 9.47 Å². The van der Waals surface area contributed by atoms with E-state index in [2.05, 4.69) is 18.7 Å². The number of hydrogen-bond donors (Lipinski definition) is 1. The van der Waals surface area contributed by atoms with Gasteiger partial charge in [0.25, 0.3) is 0 Å². The lowest BCUT2D eigenvalue weighted by Gasteiger charge is -2.44. The first kappa shape index (κ1) is 13.9. The fraction of sp³-hybridized carbons (Fsp3) is 1.00. The van der Waals surface area contributed by atoms with Crippen molar-refractivity contribution in [1.82, 2.24) is 4.90 Å². The summed E-state index contributed by atoms with van der Waals surface area (Å²) in [7, 11) is 3.53. The molecule has 0 aliphatic carbocycles. The Morgan fingerprint density at radius 2 is 2.12 bits per heavy atom. The fourth-order valence-corrected chi connectivity index (χ4v) is 2.62. The van der Waals surface area contributed by atoms with E-state index in [0.717, 1.165) is 19.5 Å². The molecular weight excluding hydrogens is 204 g/mol. The maximum Gasteiger partial charge on any atom is 0.0710 e. The van der Waals surface area contributed by atoms with Gasteiger partial charge in [-0.25, -0.2) is 0 Å². The Labute approximate surface area is 99.1 Å². The fourth-order valence-electron chi connectivity index (χ4n) is 2.62. The van der Waals surface area contributed by atoms with Gasteiger partial charge < -0.3 is 15.2 Å². The van der Waals surface area contributed by atoms with Crippen LogP contribution in [-0.2, 0) is 9.47 Å². The van der Waals surface area contributed by atoms with Crippen LogP contribution in [-0.4, -0.2) is 57.0 Å². The molecule has 16 heavy (non-hydrogen) atoms. The van der Waals surface area contributed by atoms with Gasteiger partial charge in [0.15, 0.2) is 0 Å². The monoisotopic (exact) mass is 230 g/mol. The zero-order valence-corrected chi connectivity index (χ0v) is 11.0. The van der Waals surface area contributed by atoms with Gasteiger partial charge in [0, 0.05) is 33.9 Å². The molecule has 0 radical (unpaired) electrons. The van der Waals surface area contributed by atoms with Crippen molar-refractivity contribution in [3.8, 4) is 0 Å². The van der Waals surface area contributed by atoms with Gasteiger partial charge >= 0.3 is 0 Å². The maximum atomic E-state index is 6.00. The smallest absolute Gasteiger partial charge is 0.0710 e. The quantitative estimate of drug-likeness (QED) is 0.730. The zero-order chi connectivity index (χ0) is 12.2. The van der Waals surface area contributed by atoms with Crippen LogP contribution < -0.4 is 5.73 Å². The van der Waals surface area contributed by atoms with Crippen LogP contribution in [0.25, 0.3) is 0 Å². The summed E-state index contributed by atoms with van der Waals surface area (Å²) in [6.07, 6.45) is 1.44. The molecular formula is C12H26N2O2. The number of ether oxygens (including phenoxy) is 2. The Bertz CT molecular complexity index is 211. The van der Waals surface area contributed by atoms with Crippen molar-refractivity contribution in [2.24, 2.45) is 11.7 Å². The van der Waals surface area contributed by atoms with Gasteiger partial charge in [-0.05, 0) is 12.3 Å². The van der Waals surface area contributed by atoms with Gasteiger partial charge in [-0.15, -0.1) is 0 Å². The second-order valence-electron chi connectivity index (χ2n) is 4.99. The third-order valence-electron chi connectivity index (χ3n) is 3.93. The molecule has 0 aromatic heterocycles. The van der Waals surface area contributed by atoms with E-state index in [4.69, 9.17) is 15.2 Å². The number of hydrogen-bond acceptors (Lipinski definition) is 4. The highest BCUT2D eigenvalue weighted by atomic mass is 16.5. The lowest BCUT2D eigenvalue weighted by atomic mass is 9.85. The Morgan fingerprint density at radius 1 is 1.44 bits per heavy atom. The molecule has 1 rings (SSSR count). The summed E-state index contributed by atoms with van der Waals surface area (Å²) in [6, 6.07) is 0. The predicted molar refractivity (Wildman–Crippen MR) is 65.5 cm³/mol. The molecule has 1 saturated heterocycles. The van der Waals surface area contributed by atoms with Gasteiger partial charge in [0.1, 0.15) is 0 Å². The second-order valence-corrected chi connectivity index (χ2v) is 4.99. The molecule has 0 bridgehead atoms. The Morgan fingerprint density at radius 3 is 2.50 bits per heavy atom. The minimum atomic E-state index is -0.0397. The van der Waals surface area contributed by atoms with Crippen molar-refractivity contribution in [3.05, 3.63) is 0 Å². The van der Waals surface area contributed by atoms with Crippen LogP contribution in [0.4, 0.5) is 0 Å². The van der Waals surface area contributed by atoms with Crippen LogP contribution in [0, 0.1) is 5.92 Å². The number of likely N-dealkylation sites (tertiary alicyclic amines) is 1. The molecule has 4 heteroatoms. The summed E-state index contributed by atoms with van der Waals surface area (Å²) in [5.74, 6) is 0.480. The van der Waals surface area contributed by atoms with Crippen LogP contribution in [0.5, 0.6) is 0 Å². The van der Waals surface area contributed by atoms with E-state index in [9.17, 15) is 0 Å². The first-order valence-electron chi connectivity index (χ1n) is 6.07. The summed E-state index contributed by atoms with van der Waals surface area (Å²) in [5, 5.41) is 0. The van der Waals surface area contributed by atoms with Gasteiger partial charge in [-0.1, -0.05) is 13.8 Å². The van der Waals surface area contributed by atoms with Crippen molar-refractivity contribution >= 4 is 0 Å². The van der Waals surface area contributed by atoms with E-state index in [1.807, 2.05) is 0 Å². The number of rotatable bonds is 6. The lowest BCUT2D eigenvalue weighted by Crippen LogP contribution is -2.59. The van der Waals surface area contributed by atoms with Crippen LogP contribution in [0.1, 0.15) is 20.3 Å². The number of nitrogens with two attached hydrogens (primary N) is 1. The highest BCUT2D eigenvalue weighted by Gasteiger charge is 2.42. The molecule has 1 fully saturated rings. The molecule has 1 heterocycles. The van der Waals surface area contributed by atoms with Crippen molar-refractivity contribution in [2.45, 2.75) is 31.9 Å². The molecule has 0 saturated carbocycles. The summed E-state index contributed by atoms with van der Waals surface area (Å²) in [6.45, 7) is 7.77. The number of nitrogens with zero attached hydrogens (tertiary/aromatic N) is 1. The van der Waals surface area contributed by atoms with Crippen molar-refractivity contribution in [3.63, 3.8) is 0 Å². The molecule has 2 unspecified atom stereocenters. The van der Waals surface area contributed by atoms with E-state index in [1.54, 1.807) is 14.2 Å². The topological polar surface area (TPSA) is 47.7 Å². The molecule has 2 N–H and O–H groups in total. The van der Waals surface area contributed by atoms with Crippen molar-refractivity contribution in [2.75, 3.05) is 40.5 Å². The molecule has 96 valence electrons. The van der Waals surface area contributed by atoms with E-state index in [-0.39, 0.29) is 5.54 Å². The summed E-state index contributed by atoms with van der Waals surface area (Å²) < 4.78 is 10.8. The molecule has 1 aliphatic heterocycles. The van der Waals surface area contributed by atoms with E-state index >= 15 is 0 Å². The van der Waals surface area contributed by atoms with E-state index in [0.29, 0.717) is 25.2 Å². The van der Waals surface area contributed by atoms with Gasteiger partial charge in [-0.3, -0.25) is 4.90 Å². The SMILES string of the molecule is COCC(CN)(C(C)C)N1CCC(OC)C1. The average molecular weight is 230 g/mol. The Kier molecular flexibility index (Phi) is 5.18. The molecule has 0 amide bonds. The van der Waals surface area contributed by atoms with E-state index < -0.39 is 0 Å². The highest BCUT2D eigenvalue weighted by molar-refractivity contribution is 4.98. The largest absolute Gasteiger partial charge is 0.383 e. The second kappa shape index (κ2) is 5.96. The summed E-state index contributed by atoms with van der Waals surface area (Å²) in [5.41, 5.74) is 5.96. The third-order valence-corrected chi connectivity index (χ3v) is 3.93. The molecule has 0 aromatic rings. The Hall–Kier alpha value is -0.160. The predicted octanol–water partition coefficient (Wildman–Crippen LogP) is 0.707. The number of methoxy groups -OCH3 is 2. The third kappa shape index (κ3) is 2.56. The Balaban J connectivity index is 2.76.